The van der Waals surface area contributed by atoms with Gasteiger partial charge in [-0.3, -0.25) is 0 Å². The molecule has 0 spiro atoms. The molecule has 0 radical (unpaired) electrons. The van der Waals surface area contributed by atoms with E-state index in [0.717, 1.165) is 24.3 Å². The Bertz CT molecular complexity index is 395. The molecule has 0 aliphatic heterocycles. The van der Waals surface area contributed by atoms with Crippen LogP contribution in [-0.4, -0.2) is 32.5 Å². The first-order valence-electron chi connectivity index (χ1n) is 7.12. The molecule has 1 rings (SSSR count). The van der Waals surface area contributed by atoms with Gasteiger partial charge in [-0.2, -0.15) is 0 Å². The molecule has 0 amide bonds. The minimum Gasteiger partial charge on any atom is -0.496 e. The van der Waals surface area contributed by atoms with Crippen LogP contribution in [0.3, 0.4) is 0 Å². The number of hydrogen-bond donors (Lipinski definition) is 2. The fourth-order valence-corrected chi connectivity index (χ4v) is 2.15. The molecule has 1 aromatic carbocycles. The van der Waals surface area contributed by atoms with Gasteiger partial charge in [-0.1, -0.05) is 13.0 Å². The van der Waals surface area contributed by atoms with Crippen molar-refractivity contribution in [3.63, 3.8) is 0 Å². The van der Waals surface area contributed by atoms with E-state index in [2.05, 4.69) is 31.3 Å². The zero-order valence-electron chi connectivity index (χ0n) is 13.0. The highest BCUT2D eigenvalue weighted by Crippen LogP contribution is 2.24. The molecule has 0 aliphatic carbocycles. The maximum absolute atomic E-state index is 8.92. The number of aliphatic hydroxyl groups excluding tert-OH is 1. The summed E-state index contributed by atoms with van der Waals surface area (Å²) in [6.07, 6.45) is 0.831. The van der Waals surface area contributed by atoms with Crippen molar-refractivity contribution in [2.45, 2.75) is 32.9 Å². The molecule has 0 heterocycles. The average molecular weight is 281 g/mol. The second-order valence-corrected chi connectivity index (χ2v) is 5.25. The Hall–Kier alpha value is -1.10. The fraction of sp³-hybridized carbons (Fsp3) is 0.625. The molecule has 114 valence electrons. The van der Waals surface area contributed by atoms with Gasteiger partial charge in [0.05, 0.1) is 13.7 Å². The molecular weight excluding hydrogens is 254 g/mol. The summed E-state index contributed by atoms with van der Waals surface area (Å²) in [5.41, 5.74) is 2.28. The first kappa shape index (κ1) is 17.0. The van der Waals surface area contributed by atoms with Gasteiger partial charge >= 0.3 is 0 Å². The number of nitrogens with one attached hydrogen (secondary N) is 1. The summed E-state index contributed by atoms with van der Waals surface area (Å²) in [7, 11) is 3.36. The predicted molar refractivity (Wildman–Crippen MR) is 81.0 cm³/mol. The van der Waals surface area contributed by atoms with Gasteiger partial charge in [-0.15, -0.1) is 0 Å². The van der Waals surface area contributed by atoms with Crippen LogP contribution < -0.4 is 10.1 Å². The number of hydrogen-bond acceptors (Lipinski definition) is 4. The topological polar surface area (TPSA) is 50.7 Å². The van der Waals surface area contributed by atoms with Gasteiger partial charge in [-0.25, -0.2) is 0 Å². The lowest BCUT2D eigenvalue weighted by Crippen LogP contribution is -2.25. The van der Waals surface area contributed by atoms with Crippen molar-refractivity contribution in [3.05, 3.63) is 29.3 Å². The van der Waals surface area contributed by atoms with E-state index in [9.17, 15) is 0 Å². The van der Waals surface area contributed by atoms with E-state index in [0.29, 0.717) is 12.5 Å². The fourth-order valence-electron chi connectivity index (χ4n) is 2.15. The Labute approximate surface area is 122 Å². The highest BCUT2D eigenvalue weighted by molar-refractivity contribution is 5.38. The largest absolute Gasteiger partial charge is 0.496 e. The number of aliphatic hydroxyl groups is 1. The number of rotatable bonds is 9. The third-order valence-corrected chi connectivity index (χ3v) is 3.50. The van der Waals surface area contributed by atoms with E-state index in [1.54, 1.807) is 14.2 Å². The van der Waals surface area contributed by atoms with Crippen molar-refractivity contribution in [2.75, 3.05) is 27.4 Å². The molecule has 2 N–H and O–H groups in total. The molecule has 4 nitrogen and oxygen atoms in total. The first-order chi connectivity index (χ1) is 9.62. The molecule has 0 aromatic heterocycles. The zero-order valence-corrected chi connectivity index (χ0v) is 13.0. The van der Waals surface area contributed by atoms with Gasteiger partial charge < -0.3 is 19.9 Å². The lowest BCUT2D eigenvalue weighted by molar-refractivity contribution is 0.181. The van der Waals surface area contributed by atoms with E-state index in [1.165, 1.54) is 5.56 Å². The lowest BCUT2D eigenvalue weighted by Gasteiger charge is -2.19. The molecule has 1 aromatic rings. The predicted octanol–water partition coefficient (Wildman–Crippen LogP) is 2.51. The summed E-state index contributed by atoms with van der Waals surface area (Å²) in [6, 6.07) is 6.44. The molecule has 2 atom stereocenters. The monoisotopic (exact) mass is 281 g/mol. The van der Waals surface area contributed by atoms with Crippen molar-refractivity contribution in [1.82, 2.24) is 5.32 Å². The van der Waals surface area contributed by atoms with Gasteiger partial charge in [0.1, 0.15) is 5.75 Å². The summed E-state index contributed by atoms with van der Waals surface area (Å²) in [4.78, 5) is 0. The lowest BCUT2D eigenvalue weighted by atomic mass is 10.0. The van der Waals surface area contributed by atoms with Gasteiger partial charge in [0.2, 0.25) is 0 Å². The van der Waals surface area contributed by atoms with Gasteiger partial charge in [0.25, 0.3) is 0 Å². The summed E-state index contributed by atoms with van der Waals surface area (Å²) in [6.45, 7) is 5.97. The number of ether oxygens (including phenoxy) is 2. The van der Waals surface area contributed by atoms with Crippen LogP contribution in [0, 0.1) is 5.92 Å². The SMILES string of the molecule is COCc1cc(C(C)NCC(C)CCO)ccc1OC. The normalized spacial score (nSPS) is 14.1. The van der Waals surface area contributed by atoms with Crippen LogP contribution in [0.4, 0.5) is 0 Å². The van der Waals surface area contributed by atoms with Crippen molar-refractivity contribution < 1.29 is 14.6 Å². The van der Waals surface area contributed by atoms with Crippen molar-refractivity contribution in [2.24, 2.45) is 5.92 Å². The smallest absolute Gasteiger partial charge is 0.124 e. The highest BCUT2D eigenvalue weighted by atomic mass is 16.5. The summed E-state index contributed by atoms with van der Waals surface area (Å²) < 4.78 is 10.5. The third kappa shape index (κ3) is 5.12. The molecule has 20 heavy (non-hydrogen) atoms. The molecule has 0 aliphatic rings. The van der Waals surface area contributed by atoms with Crippen LogP contribution in [0.1, 0.15) is 37.4 Å². The quantitative estimate of drug-likeness (QED) is 0.730. The van der Waals surface area contributed by atoms with Crippen LogP contribution >= 0.6 is 0 Å². The Morgan fingerprint density at radius 2 is 2.00 bits per heavy atom. The van der Waals surface area contributed by atoms with Gasteiger partial charge in [-0.05, 0) is 43.5 Å². The zero-order chi connectivity index (χ0) is 15.0. The molecule has 0 saturated heterocycles. The first-order valence-corrected chi connectivity index (χ1v) is 7.12. The summed E-state index contributed by atoms with van der Waals surface area (Å²) in [5.74, 6) is 1.33. The Morgan fingerprint density at radius 3 is 2.60 bits per heavy atom. The maximum atomic E-state index is 8.92. The van der Waals surface area contributed by atoms with E-state index in [1.807, 2.05) is 6.07 Å². The molecule has 4 heteroatoms. The second-order valence-electron chi connectivity index (χ2n) is 5.25. The molecular formula is C16H27NO3. The minimum absolute atomic E-state index is 0.248. The summed E-state index contributed by atoms with van der Waals surface area (Å²) >= 11 is 0. The number of benzene rings is 1. The van der Waals surface area contributed by atoms with E-state index in [4.69, 9.17) is 14.6 Å². The molecule has 0 fully saturated rings. The molecule has 0 bridgehead atoms. The van der Waals surface area contributed by atoms with Crippen LogP contribution in [0.25, 0.3) is 0 Å². The molecule has 0 saturated carbocycles. The summed E-state index contributed by atoms with van der Waals surface area (Å²) in [5, 5.41) is 12.4. The van der Waals surface area contributed by atoms with Crippen molar-refractivity contribution in [1.29, 1.82) is 0 Å². The van der Waals surface area contributed by atoms with Crippen LogP contribution in [0.2, 0.25) is 0 Å². The van der Waals surface area contributed by atoms with Gasteiger partial charge in [0, 0.05) is 25.3 Å². The Kier molecular flexibility index (Phi) is 7.59. The van der Waals surface area contributed by atoms with Crippen LogP contribution in [0.15, 0.2) is 18.2 Å². The standard InChI is InChI=1S/C16H27NO3/c1-12(7-8-18)10-17-13(2)14-5-6-16(20-4)15(9-14)11-19-3/h5-6,9,12-13,17-18H,7-8,10-11H2,1-4H3. The van der Waals surface area contributed by atoms with E-state index >= 15 is 0 Å². The average Bonchev–Trinajstić information content (AvgIpc) is 2.45. The van der Waals surface area contributed by atoms with E-state index < -0.39 is 0 Å². The van der Waals surface area contributed by atoms with Gasteiger partial charge in [0.15, 0.2) is 0 Å². The maximum Gasteiger partial charge on any atom is 0.124 e. The van der Waals surface area contributed by atoms with Crippen LogP contribution in [-0.2, 0) is 11.3 Å². The van der Waals surface area contributed by atoms with Crippen molar-refractivity contribution in [3.8, 4) is 5.75 Å². The minimum atomic E-state index is 0.248. The molecule has 2 unspecified atom stereocenters. The van der Waals surface area contributed by atoms with Crippen molar-refractivity contribution >= 4 is 0 Å². The van der Waals surface area contributed by atoms with Crippen LogP contribution in [0.5, 0.6) is 5.75 Å². The Morgan fingerprint density at radius 1 is 1.25 bits per heavy atom. The second kappa shape index (κ2) is 8.95. The highest BCUT2D eigenvalue weighted by Gasteiger charge is 2.10. The number of methoxy groups -OCH3 is 2. The third-order valence-electron chi connectivity index (χ3n) is 3.50. The Balaban J connectivity index is 2.67. The van der Waals surface area contributed by atoms with E-state index in [-0.39, 0.29) is 12.6 Å².